The molecule has 0 spiro atoms. The number of aliphatic carboxylic acids is 1. The van der Waals surface area contributed by atoms with Gasteiger partial charge in [-0.25, -0.2) is 0 Å². The molecule has 1 fully saturated rings. The highest BCUT2D eigenvalue weighted by Crippen LogP contribution is 2.25. The van der Waals surface area contributed by atoms with Gasteiger partial charge in [0.2, 0.25) is 0 Å². The Labute approximate surface area is 159 Å². The Balaban J connectivity index is 1.54. The quantitative estimate of drug-likeness (QED) is 0.769. The number of hydrogen-bond donors (Lipinski definition) is 1. The van der Waals surface area contributed by atoms with E-state index in [2.05, 4.69) is 4.90 Å². The van der Waals surface area contributed by atoms with Crippen molar-refractivity contribution < 1.29 is 24.1 Å². The van der Waals surface area contributed by atoms with E-state index in [4.69, 9.17) is 19.3 Å². The van der Waals surface area contributed by atoms with Crippen LogP contribution in [0.15, 0.2) is 48.5 Å². The number of hydrogen-bond acceptors (Lipinski definition) is 5. The second kappa shape index (κ2) is 9.39. The molecule has 1 heterocycles. The number of carboxylic acid groups (broad SMARTS) is 1. The molecule has 2 aromatic carbocycles. The largest absolute Gasteiger partial charge is 0.497 e. The lowest BCUT2D eigenvalue weighted by Crippen LogP contribution is -2.39. The predicted molar refractivity (Wildman–Crippen MR) is 101 cm³/mol. The van der Waals surface area contributed by atoms with Crippen molar-refractivity contribution in [1.82, 2.24) is 4.90 Å². The SMILES string of the molecule is COc1cccc(COc2ccc(C3CN(CCC(=O)O)CCO3)cc2)c1. The molecule has 2 aromatic rings. The van der Waals surface area contributed by atoms with Gasteiger partial charge in [-0.1, -0.05) is 24.3 Å². The smallest absolute Gasteiger partial charge is 0.304 e. The van der Waals surface area contributed by atoms with Gasteiger partial charge in [-0.15, -0.1) is 0 Å². The molecule has 0 bridgehead atoms. The molecule has 0 radical (unpaired) electrons. The second-order valence-corrected chi connectivity index (χ2v) is 6.51. The van der Waals surface area contributed by atoms with Crippen LogP contribution in [0.25, 0.3) is 0 Å². The Bertz CT molecular complexity index is 746. The molecule has 27 heavy (non-hydrogen) atoms. The molecule has 144 valence electrons. The van der Waals surface area contributed by atoms with E-state index in [1.54, 1.807) is 7.11 Å². The summed E-state index contributed by atoms with van der Waals surface area (Å²) in [7, 11) is 1.65. The lowest BCUT2D eigenvalue weighted by molar-refractivity contribution is -0.137. The fourth-order valence-corrected chi connectivity index (χ4v) is 3.07. The number of carboxylic acids is 1. The molecule has 1 aliphatic heterocycles. The maximum atomic E-state index is 10.8. The zero-order chi connectivity index (χ0) is 19.1. The van der Waals surface area contributed by atoms with Gasteiger partial charge in [-0.05, 0) is 35.4 Å². The van der Waals surface area contributed by atoms with Crippen LogP contribution in [0.4, 0.5) is 0 Å². The second-order valence-electron chi connectivity index (χ2n) is 6.51. The first-order valence-electron chi connectivity index (χ1n) is 9.05. The Kier molecular flexibility index (Phi) is 6.68. The summed E-state index contributed by atoms with van der Waals surface area (Å²) in [5.41, 5.74) is 2.12. The maximum Gasteiger partial charge on any atom is 0.304 e. The van der Waals surface area contributed by atoms with Crippen molar-refractivity contribution in [2.45, 2.75) is 19.1 Å². The maximum absolute atomic E-state index is 10.8. The molecule has 1 saturated heterocycles. The molecule has 0 aliphatic carbocycles. The first kappa shape index (κ1) is 19.2. The first-order chi connectivity index (χ1) is 13.1. The van der Waals surface area contributed by atoms with Gasteiger partial charge in [0.25, 0.3) is 0 Å². The van der Waals surface area contributed by atoms with E-state index in [0.717, 1.165) is 29.2 Å². The predicted octanol–water partition coefficient (Wildman–Crippen LogP) is 3.12. The molecule has 0 aromatic heterocycles. The van der Waals surface area contributed by atoms with Crippen LogP contribution in [-0.2, 0) is 16.1 Å². The summed E-state index contributed by atoms with van der Waals surface area (Å²) in [5, 5.41) is 8.84. The van der Waals surface area contributed by atoms with Gasteiger partial charge in [0, 0.05) is 19.6 Å². The Morgan fingerprint density at radius 2 is 2.04 bits per heavy atom. The Hall–Kier alpha value is -2.57. The van der Waals surface area contributed by atoms with Crippen LogP contribution in [0.5, 0.6) is 11.5 Å². The summed E-state index contributed by atoms with van der Waals surface area (Å²) >= 11 is 0. The molecule has 3 rings (SSSR count). The molecule has 1 aliphatic rings. The highest BCUT2D eigenvalue weighted by Gasteiger charge is 2.22. The summed E-state index contributed by atoms with van der Waals surface area (Å²) < 4.78 is 16.9. The van der Waals surface area contributed by atoms with Gasteiger partial charge in [0.15, 0.2) is 0 Å². The number of nitrogens with zero attached hydrogens (tertiary/aromatic N) is 1. The molecule has 0 amide bonds. The number of rotatable bonds is 8. The number of morpholine rings is 1. The van der Waals surface area contributed by atoms with Gasteiger partial charge in [0.1, 0.15) is 18.1 Å². The van der Waals surface area contributed by atoms with Crippen molar-refractivity contribution >= 4 is 5.97 Å². The fraction of sp³-hybridized carbons (Fsp3) is 0.381. The van der Waals surface area contributed by atoms with Crippen molar-refractivity contribution in [2.24, 2.45) is 0 Å². The number of methoxy groups -OCH3 is 1. The molecule has 1 N–H and O–H groups in total. The van der Waals surface area contributed by atoms with E-state index >= 15 is 0 Å². The van der Waals surface area contributed by atoms with Gasteiger partial charge >= 0.3 is 5.97 Å². The third-order valence-electron chi connectivity index (χ3n) is 4.58. The minimum Gasteiger partial charge on any atom is -0.497 e. The fourth-order valence-electron chi connectivity index (χ4n) is 3.07. The van der Waals surface area contributed by atoms with Gasteiger partial charge in [-0.3, -0.25) is 9.69 Å². The molecule has 1 atom stereocenters. The third kappa shape index (κ3) is 5.70. The minimum absolute atomic E-state index is 0.0417. The van der Waals surface area contributed by atoms with Gasteiger partial charge in [-0.2, -0.15) is 0 Å². The van der Waals surface area contributed by atoms with Crippen molar-refractivity contribution in [3.63, 3.8) is 0 Å². The minimum atomic E-state index is -0.768. The normalized spacial score (nSPS) is 17.4. The first-order valence-corrected chi connectivity index (χ1v) is 9.05. The molecule has 6 nitrogen and oxygen atoms in total. The van der Waals surface area contributed by atoms with E-state index < -0.39 is 5.97 Å². The molecule has 1 unspecified atom stereocenters. The summed E-state index contributed by atoms with van der Waals surface area (Å²) in [6, 6.07) is 15.7. The third-order valence-corrected chi connectivity index (χ3v) is 4.58. The van der Waals surface area contributed by atoms with Crippen molar-refractivity contribution in [3.05, 3.63) is 59.7 Å². The van der Waals surface area contributed by atoms with Crippen molar-refractivity contribution in [3.8, 4) is 11.5 Å². The van der Waals surface area contributed by atoms with E-state index in [-0.39, 0.29) is 12.5 Å². The van der Waals surface area contributed by atoms with E-state index in [1.807, 2.05) is 48.5 Å². The van der Waals surface area contributed by atoms with Crippen molar-refractivity contribution in [2.75, 3.05) is 33.4 Å². The molecule has 6 heteroatoms. The van der Waals surface area contributed by atoms with Crippen LogP contribution in [0, 0.1) is 0 Å². The zero-order valence-corrected chi connectivity index (χ0v) is 15.5. The number of benzene rings is 2. The molecular formula is C21H25NO5. The Morgan fingerprint density at radius 3 is 2.78 bits per heavy atom. The zero-order valence-electron chi connectivity index (χ0n) is 15.5. The average molecular weight is 371 g/mol. The Morgan fingerprint density at radius 1 is 1.22 bits per heavy atom. The van der Waals surface area contributed by atoms with Crippen LogP contribution in [0.3, 0.4) is 0 Å². The van der Waals surface area contributed by atoms with Gasteiger partial charge in [0.05, 0.1) is 26.2 Å². The number of carbonyl (C=O) groups is 1. The van der Waals surface area contributed by atoms with Gasteiger partial charge < -0.3 is 19.3 Å². The monoisotopic (exact) mass is 371 g/mol. The highest BCUT2D eigenvalue weighted by atomic mass is 16.5. The molecule has 0 saturated carbocycles. The van der Waals surface area contributed by atoms with E-state index in [0.29, 0.717) is 26.3 Å². The van der Waals surface area contributed by atoms with Crippen LogP contribution in [0.2, 0.25) is 0 Å². The van der Waals surface area contributed by atoms with Crippen LogP contribution < -0.4 is 9.47 Å². The van der Waals surface area contributed by atoms with Crippen LogP contribution in [0.1, 0.15) is 23.7 Å². The lowest BCUT2D eigenvalue weighted by Gasteiger charge is -2.32. The summed E-state index contributed by atoms with van der Waals surface area (Å²) in [4.78, 5) is 12.9. The van der Waals surface area contributed by atoms with Crippen molar-refractivity contribution in [1.29, 1.82) is 0 Å². The number of ether oxygens (including phenoxy) is 3. The van der Waals surface area contributed by atoms with Crippen LogP contribution in [-0.4, -0.2) is 49.3 Å². The highest BCUT2D eigenvalue weighted by molar-refractivity contribution is 5.66. The topological polar surface area (TPSA) is 68.2 Å². The van der Waals surface area contributed by atoms with E-state index in [9.17, 15) is 4.79 Å². The van der Waals surface area contributed by atoms with Crippen LogP contribution >= 0.6 is 0 Å². The summed E-state index contributed by atoms with van der Waals surface area (Å²) in [6.45, 7) is 3.11. The molecular weight excluding hydrogens is 346 g/mol. The summed E-state index contributed by atoms with van der Waals surface area (Å²) in [5.74, 6) is 0.837. The lowest BCUT2D eigenvalue weighted by atomic mass is 10.1. The summed E-state index contributed by atoms with van der Waals surface area (Å²) in [6.07, 6.45) is 0.115. The average Bonchev–Trinajstić information content (AvgIpc) is 2.71. The standard InChI is InChI=1S/C21H25NO5/c1-25-19-4-2-3-16(13-19)15-27-18-7-5-17(6-8-18)20-14-22(11-12-26-20)10-9-21(23)24/h2-8,13,20H,9-12,14-15H2,1H3,(H,23,24). The van der Waals surface area contributed by atoms with E-state index in [1.165, 1.54) is 0 Å².